The third-order valence-corrected chi connectivity index (χ3v) is 27.7. The van der Waals surface area contributed by atoms with Crippen LogP contribution in [0.3, 0.4) is 0 Å². The zero-order valence-electron chi connectivity index (χ0n) is 10.1. The minimum absolute atomic E-state index is 1.13. The first-order valence-corrected chi connectivity index (χ1v) is 21.8. The topological polar surface area (TPSA) is 0 Å². The fourth-order valence-electron chi connectivity index (χ4n) is 2.71. The molecule has 4 heteroatoms. The van der Waals surface area contributed by atoms with E-state index < -0.39 is 22.1 Å². The Kier molecular flexibility index (Phi) is 5.80. The second-order valence-corrected chi connectivity index (χ2v) is 32.5. The molecule has 2 rings (SSSR count). The van der Waals surface area contributed by atoms with E-state index in [0.717, 1.165) is 0 Å². The first kappa shape index (κ1) is 14.4. The van der Waals surface area contributed by atoms with E-state index in [2.05, 4.69) is 28.2 Å². The fourth-order valence-corrected chi connectivity index (χ4v) is 31.0. The Morgan fingerprint density at radius 1 is 0.562 bits per heavy atom. The van der Waals surface area contributed by atoms with Gasteiger partial charge in [0.2, 0.25) is 0 Å². The Balaban J connectivity index is 1.80. The first-order valence-electron chi connectivity index (χ1n) is 6.54. The molecule has 2 saturated heterocycles. The molecule has 0 bridgehead atoms. The van der Waals surface area contributed by atoms with Gasteiger partial charge in [-0.05, 0) is 0 Å². The molecule has 2 fully saturated rings. The number of halogens is 2. The molecule has 2 aliphatic rings. The van der Waals surface area contributed by atoms with E-state index in [9.17, 15) is 0 Å². The summed E-state index contributed by atoms with van der Waals surface area (Å²) in [4.78, 5) is 0. The van der Waals surface area contributed by atoms with Gasteiger partial charge in [-0.1, -0.05) is 0 Å². The van der Waals surface area contributed by atoms with Gasteiger partial charge in [-0.25, -0.2) is 0 Å². The molecule has 0 atom stereocenters. The number of hydrogen-bond acceptors (Lipinski definition) is 0. The molecule has 0 nitrogen and oxygen atoms in total. The third kappa shape index (κ3) is 4.28. The van der Waals surface area contributed by atoms with Crippen molar-refractivity contribution in [2.24, 2.45) is 0 Å². The average Bonchev–Trinajstić information content (AvgIpc) is 2.29. The molecule has 0 spiro atoms. The summed E-state index contributed by atoms with van der Waals surface area (Å²) in [6.07, 6.45) is 9.08. The Bertz CT molecular complexity index is 197. The maximum atomic E-state index is 4.21. The van der Waals surface area contributed by atoms with Crippen LogP contribution in [0.15, 0.2) is 0 Å². The summed E-state index contributed by atoms with van der Waals surface area (Å²) in [5.74, 6) is 0. The van der Waals surface area contributed by atoms with Crippen LogP contribution in [0.25, 0.3) is 0 Å². The van der Waals surface area contributed by atoms with Crippen molar-refractivity contribution in [1.29, 1.82) is 0 Å². The standard InChI is InChI=1S/C12H24Br2Se2/c13-15(7-3-1-4-8-15)11-12-16(14)9-5-2-6-10-16/h1-12H2. The molecule has 16 heavy (non-hydrogen) atoms. The van der Waals surface area contributed by atoms with Crippen LogP contribution < -0.4 is 0 Å². The normalized spacial score (nSPS) is 32.9. The van der Waals surface area contributed by atoms with Crippen LogP contribution in [0, 0.1) is 0 Å². The van der Waals surface area contributed by atoms with Gasteiger partial charge in [-0.3, -0.25) is 0 Å². The molecular weight excluding hydrogens is 462 g/mol. The van der Waals surface area contributed by atoms with E-state index in [0.29, 0.717) is 0 Å². The van der Waals surface area contributed by atoms with Crippen LogP contribution in [-0.2, 0) is 0 Å². The molecule has 0 aromatic rings. The summed E-state index contributed by atoms with van der Waals surface area (Å²) < 4.78 is 0. The molecule has 0 N–H and O–H groups in total. The summed E-state index contributed by atoms with van der Waals surface area (Å²) in [5.41, 5.74) is 0. The van der Waals surface area contributed by atoms with Crippen molar-refractivity contribution in [2.75, 3.05) is 0 Å². The quantitative estimate of drug-likeness (QED) is 0.428. The Labute approximate surface area is 120 Å². The van der Waals surface area contributed by atoms with Crippen molar-refractivity contribution in [3.8, 4) is 0 Å². The molecule has 0 aliphatic carbocycles. The van der Waals surface area contributed by atoms with Gasteiger partial charge in [0, 0.05) is 0 Å². The zero-order chi connectivity index (χ0) is 11.5. The summed E-state index contributed by atoms with van der Waals surface area (Å²) in [6.45, 7) is 0. The number of rotatable bonds is 3. The van der Waals surface area contributed by atoms with Gasteiger partial charge in [-0.15, -0.1) is 0 Å². The fraction of sp³-hybridized carbons (Fsp3) is 1.00. The van der Waals surface area contributed by atoms with Crippen molar-refractivity contribution in [2.45, 2.75) is 70.4 Å². The van der Waals surface area contributed by atoms with Crippen LogP contribution in [0.4, 0.5) is 0 Å². The monoisotopic (exact) mass is 486 g/mol. The van der Waals surface area contributed by atoms with Crippen molar-refractivity contribution in [3.05, 3.63) is 0 Å². The molecule has 0 aromatic carbocycles. The van der Waals surface area contributed by atoms with E-state index in [-0.39, 0.29) is 0 Å². The van der Waals surface area contributed by atoms with E-state index in [4.69, 9.17) is 0 Å². The molecule has 0 unspecified atom stereocenters. The van der Waals surface area contributed by atoms with Crippen molar-refractivity contribution < 1.29 is 0 Å². The van der Waals surface area contributed by atoms with E-state index in [1.807, 2.05) is 0 Å². The summed E-state index contributed by atoms with van der Waals surface area (Å²) in [7, 11) is 0. The van der Waals surface area contributed by atoms with Gasteiger partial charge in [-0.2, -0.15) is 0 Å². The predicted octanol–water partition coefficient (Wildman–Crippen LogP) is 6.04. The summed E-state index contributed by atoms with van der Waals surface area (Å²) >= 11 is 6.15. The van der Waals surface area contributed by atoms with E-state index >= 15 is 0 Å². The molecule has 0 aromatic heterocycles. The third-order valence-electron chi connectivity index (χ3n) is 3.86. The molecule has 0 radical (unpaired) electrons. The SMILES string of the molecule is Br[Se]1(CC[Se]2(Br)CCCCC2)CCCCC1. The molecule has 0 amide bonds. The van der Waals surface area contributed by atoms with Crippen molar-refractivity contribution >= 4 is 50.3 Å². The van der Waals surface area contributed by atoms with Gasteiger partial charge in [0.15, 0.2) is 0 Å². The second kappa shape index (κ2) is 6.44. The van der Waals surface area contributed by atoms with Gasteiger partial charge in [0.05, 0.1) is 0 Å². The Morgan fingerprint density at radius 2 is 0.875 bits per heavy atom. The maximum absolute atomic E-state index is 4.21. The molecule has 0 saturated carbocycles. The average molecular weight is 486 g/mol. The van der Waals surface area contributed by atoms with Crippen LogP contribution in [0.2, 0.25) is 31.9 Å². The summed E-state index contributed by atoms with van der Waals surface area (Å²) in [6, 6.07) is 0. The molecule has 2 heterocycles. The molecular formula is C12H24Br2Se2. The summed E-state index contributed by atoms with van der Waals surface area (Å²) in [5, 5.41) is 9.52. The van der Waals surface area contributed by atoms with E-state index in [1.54, 1.807) is 31.9 Å². The van der Waals surface area contributed by atoms with Crippen molar-refractivity contribution in [1.82, 2.24) is 0 Å². The molecule has 2 aliphatic heterocycles. The van der Waals surface area contributed by atoms with E-state index in [1.165, 1.54) is 38.5 Å². The van der Waals surface area contributed by atoms with Crippen LogP contribution >= 0.6 is 28.2 Å². The van der Waals surface area contributed by atoms with Crippen LogP contribution in [-0.4, -0.2) is 22.1 Å². The Morgan fingerprint density at radius 3 is 1.19 bits per heavy atom. The Hall–Kier alpha value is 2.00. The molecule has 98 valence electrons. The van der Waals surface area contributed by atoms with Gasteiger partial charge in [0.1, 0.15) is 0 Å². The van der Waals surface area contributed by atoms with Gasteiger partial charge >= 0.3 is 121 Å². The predicted molar refractivity (Wildman–Crippen MR) is 85.9 cm³/mol. The first-order chi connectivity index (χ1) is 7.62. The van der Waals surface area contributed by atoms with Gasteiger partial charge in [0.25, 0.3) is 0 Å². The second-order valence-electron chi connectivity index (χ2n) is 5.23. The zero-order valence-corrected chi connectivity index (χ0v) is 16.7. The minimum atomic E-state index is -1.13. The van der Waals surface area contributed by atoms with Crippen molar-refractivity contribution in [3.63, 3.8) is 0 Å². The van der Waals surface area contributed by atoms with Crippen LogP contribution in [0.1, 0.15) is 38.5 Å². The van der Waals surface area contributed by atoms with Gasteiger partial charge < -0.3 is 0 Å². The number of hydrogen-bond donors (Lipinski definition) is 0. The van der Waals surface area contributed by atoms with Crippen LogP contribution in [0.5, 0.6) is 0 Å².